The lowest BCUT2D eigenvalue weighted by atomic mass is 10.0. The lowest BCUT2D eigenvalue weighted by Gasteiger charge is -2.13. The van der Waals surface area contributed by atoms with Crippen LogP contribution in [0.4, 0.5) is 0 Å². The molecule has 1 aromatic heterocycles. The number of rotatable bonds is 10. The fourth-order valence-electron chi connectivity index (χ4n) is 3.85. The molecule has 0 aliphatic carbocycles. The molecule has 0 atom stereocenters. The van der Waals surface area contributed by atoms with Crippen molar-refractivity contribution in [3.05, 3.63) is 84.7 Å². The van der Waals surface area contributed by atoms with Gasteiger partial charge in [-0.2, -0.15) is 0 Å². The van der Waals surface area contributed by atoms with Crippen molar-refractivity contribution in [2.45, 2.75) is 17.7 Å². The van der Waals surface area contributed by atoms with Gasteiger partial charge in [0, 0.05) is 36.3 Å². The second kappa shape index (κ2) is 10.6. The van der Waals surface area contributed by atoms with Crippen LogP contribution in [0.3, 0.4) is 0 Å². The molecule has 4 N–H and O–H groups in total. The molecule has 7 nitrogen and oxygen atoms in total. The summed E-state index contributed by atoms with van der Waals surface area (Å²) >= 11 is 0. The number of sulfonamides is 1. The van der Waals surface area contributed by atoms with Gasteiger partial charge in [0.05, 0.1) is 4.90 Å². The van der Waals surface area contributed by atoms with Crippen molar-refractivity contribution in [2.75, 3.05) is 19.6 Å². The monoisotopic (exact) mass is 477 g/mol. The highest BCUT2D eigenvalue weighted by Gasteiger charge is 2.19. The first-order valence-corrected chi connectivity index (χ1v) is 12.6. The minimum absolute atomic E-state index is 0.112. The third-order valence-electron chi connectivity index (χ3n) is 5.51. The van der Waals surface area contributed by atoms with E-state index in [2.05, 4.69) is 15.0 Å². The van der Waals surface area contributed by atoms with Crippen LogP contribution >= 0.6 is 0 Å². The maximum Gasteiger partial charge on any atom is 0.241 e. The molecule has 176 valence electrons. The first kappa shape index (κ1) is 23.7. The Bertz CT molecular complexity index is 1390. The summed E-state index contributed by atoms with van der Waals surface area (Å²) < 4.78 is 29.0. The predicted octanol–water partition coefficient (Wildman–Crippen LogP) is 3.81. The van der Waals surface area contributed by atoms with E-state index in [1.54, 1.807) is 54.9 Å². The van der Waals surface area contributed by atoms with E-state index in [1.165, 1.54) is 0 Å². The standard InChI is InChI=1S/C26H27N3O4S/c30-23-7-1-4-19(14-23)5-3-10-27-12-13-29-34(32,33)26-17-21(20-6-2-8-24(31)16-20)15-22-18-28-11-9-25(22)26/h1-2,4,6-9,11,14-18,27,29-31H,3,5,10,12-13H2. The molecule has 4 aromatic rings. The number of hydrogen-bond acceptors (Lipinski definition) is 6. The van der Waals surface area contributed by atoms with Crippen LogP contribution < -0.4 is 10.0 Å². The van der Waals surface area contributed by atoms with Gasteiger partial charge in [-0.1, -0.05) is 24.3 Å². The Morgan fingerprint density at radius 2 is 1.62 bits per heavy atom. The second-order valence-corrected chi connectivity index (χ2v) is 9.78. The van der Waals surface area contributed by atoms with Gasteiger partial charge in [-0.15, -0.1) is 0 Å². The van der Waals surface area contributed by atoms with Crippen molar-refractivity contribution in [3.8, 4) is 22.6 Å². The van der Waals surface area contributed by atoms with Gasteiger partial charge in [-0.05, 0) is 78.5 Å². The number of benzene rings is 3. The molecule has 0 saturated carbocycles. The van der Waals surface area contributed by atoms with E-state index in [9.17, 15) is 18.6 Å². The number of pyridine rings is 1. The Labute approximate surface area is 199 Å². The Hall–Kier alpha value is -3.46. The lowest BCUT2D eigenvalue weighted by molar-refractivity contribution is 0.474. The van der Waals surface area contributed by atoms with E-state index in [4.69, 9.17) is 0 Å². The Balaban J connectivity index is 1.40. The lowest BCUT2D eigenvalue weighted by Crippen LogP contribution is -2.32. The van der Waals surface area contributed by atoms with Crippen LogP contribution in [0.25, 0.3) is 21.9 Å². The van der Waals surface area contributed by atoms with Crippen molar-refractivity contribution in [1.29, 1.82) is 0 Å². The Morgan fingerprint density at radius 3 is 2.41 bits per heavy atom. The summed E-state index contributed by atoms with van der Waals surface area (Å²) in [6, 6.07) is 19.1. The fourth-order valence-corrected chi connectivity index (χ4v) is 5.14. The predicted molar refractivity (Wildman–Crippen MR) is 133 cm³/mol. The largest absolute Gasteiger partial charge is 0.508 e. The van der Waals surface area contributed by atoms with Crippen LogP contribution in [0, 0.1) is 0 Å². The van der Waals surface area contributed by atoms with Gasteiger partial charge in [-0.3, -0.25) is 4.98 Å². The number of aromatic hydroxyl groups is 2. The maximum atomic E-state index is 13.2. The normalized spacial score (nSPS) is 11.6. The highest BCUT2D eigenvalue weighted by Crippen LogP contribution is 2.31. The molecule has 0 radical (unpaired) electrons. The summed E-state index contributed by atoms with van der Waals surface area (Å²) in [5.41, 5.74) is 2.47. The third-order valence-corrected chi connectivity index (χ3v) is 7.01. The molecule has 8 heteroatoms. The first-order valence-electron chi connectivity index (χ1n) is 11.1. The zero-order valence-electron chi connectivity index (χ0n) is 18.6. The van der Waals surface area contributed by atoms with Crippen molar-refractivity contribution in [3.63, 3.8) is 0 Å². The highest BCUT2D eigenvalue weighted by molar-refractivity contribution is 7.89. The first-order chi connectivity index (χ1) is 16.4. The molecule has 0 aliphatic heterocycles. The average molecular weight is 478 g/mol. The van der Waals surface area contributed by atoms with Gasteiger partial charge >= 0.3 is 0 Å². The molecular formula is C26H27N3O4S. The van der Waals surface area contributed by atoms with Crippen LogP contribution in [0.1, 0.15) is 12.0 Å². The van der Waals surface area contributed by atoms with Crippen LogP contribution in [-0.4, -0.2) is 43.2 Å². The SMILES string of the molecule is O=S(=O)(NCCNCCCc1cccc(O)c1)c1cc(-c2cccc(O)c2)cc2cnccc12. The minimum Gasteiger partial charge on any atom is -0.508 e. The zero-order chi connectivity index (χ0) is 24.0. The van der Waals surface area contributed by atoms with Gasteiger partial charge in [0.1, 0.15) is 11.5 Å². The maximum absolute atomic E-state index is 13.2. The Morgan fingerprint density at radius 1 is 0.824 bits per heavy atom. The summed E-state index contributed by atoms with van der Waals surface area (Å²) in [6.45, 7) is 1.47. The van der Waals surface area contributed by atoms with Crippen molar-refractivity contribution >= 4 is 20.8 Å². The molecule has 0 bridgehead atoms. The second-order valence-electron chi connectivity index (χ2n) is 8.04. The van der Waals surface area contributed by atoms with Crippen LogP contribution in [0.5, 0.6) is 11.5 Å². The molecule has 0 amide bonds. The minimum atomic E-state index is -3.78. The molecule has 0 spiro atoms. The van der Waals surface area contributed by atoms with E-state index < -0.39 is 10.0 Å². The quantitative estimate of drug-likeness (QED) is 0.259. The molecule has 0 fully saturated rings. The molecule has 3 aromatic carbocycles. The van der Waals surface area contributed by atoms with E-state index in [1.807, 2.05) is 24.3 Å². The fraction of sp³-hybridized carbons (Fsp3) is 0.192. The van der Waals surface area contributed by atoms with E-state index in [0.29, 0.717) is 22.9 Å². The van der Waals surface area contributed by atoms with Crippen LogP contribution in [0.2, 0.25) is 0 Å². The van der Waals surface area contributed by atoms with Crippen LogP contribution in [0.15, 0.2) is 84.0 Å². The number of phenolic OH excluding ortho intramolecular Hbond substituents is 2. The van der Waals surface area contributed by atoms with E-state index in [-0.39, 0.29) is 22.9 Å². The van der Waals surface area contributed by atoms with Crippen molar-refractivity contribution in [1.82, 2.24) is 15.0 Å². The summed E-state index contributed by atoms with van der Waals surface area (Å²) in [4.78, 5) is 4.31. The van der Waals surface area contributed by atoms with Gasteiger partial charge < -0.3 is 15.5 Å². The molecule has 0 aliphatic rings. The summed E-state index contributed by atoms with van der Waals surface area (Å²) in [5, 5.41) is 23.9. The number of nitrogens with one attached hydrogen (secondary N) is 2. The molecule has 0 saturated heterocycles. The summed E-state index contributed by atoms with van der Waals surface area (Å²) in [7, 11) is -3.78. The van der Waals surface area contributed by atoms with E-state index >= 15 is 0 Å². The van der Waals surface area contributed by atoms with Crippen LogP contribution in [-0.2, 0) is 16.4 Å². The number of hydrogen-bond donors (Lipinski definition) is 4. The van der Waals surface area contributed by atoms with Gasteiger partial charge in [-0.25, -0.2) is 13.1 Å². The third kappa shape index (κ3) is 5.91. The molecule has 34 heavy (non-hydrogen) atoms. The molecule has 1 heterocycles. The number of aryl methyl sites for hydroxylation is 1. The number of nitrogens with zero attached hydrogens (tertiary/aromatic N) is 1. The van der Waals surface area contributed by atoms with Gasteiger partial charge in [0.25, 0.3) is 0 Å². The average Bonchev–Trinajstić information content (AvgIpc) is 2.82. The zero-order valence-corrected chi connectivity index (χ0v) is 19.4. The molecular weight excluding hydrogens is 450 g/mol. The Kier molecular flexibility index (Phi) is 7.42. The highest BCUT2D eigenvalue weighted by atomic mass is 32.2. The van der Waals surface area contributed by atoms with Crippen molar-refractivity contribution in [2.24, 2.45) is 0 Å². The van der Waals surface area contributed by atoms with Gasteiger partial charge in [0.2, 0.25) is 10.0 Å². The number of aromatic nitrogens is 1. The van der Waals surface area contributed by atoms with E-state index in [0.717, 1.165) is 30.5 Å². The summed E-state index contributed by atoms with van der Waals surface area (Å²) in [5.74, 6) is 0.373. The topological polar surface area (TPSA) is 112 Å². The molecule has 0 unspecified atom stereocenters. The summed E-state index contributed by atoms with van der Waals surface area (Å²) in [6.07, 6.45) is 4.91. The number of phenols is 2. The van der Waals surface area contributed by atoms with Gasteiger partial charge in [0.15, 0.2) is 0 Å². The smallest absolute Gasteiger partial charge is 0.241 e. The number of fused-ring (bicyclic) bond motifs is 1. The molecule has 4 rings (SSSR count). The van der Waals surface area contributed by atoms with Crippen molar-refractivity contribution < 1.29 is 18.6 Å².